The molecule has 0 spiro atoms. The topological polar surface area (TPSA) is 86.0 Å². The van der Waals surface area contributed by atoms with Crippen LogP contribution in [0.25, 0.3) is 0 Å². The van der Waals surface area contributed by atoms with E-state index >= 15 is 0 Å². The highest BCUT2D eigenvalue weighted by atomic mass is 35.5. The number of carbonyl (C=O) groups is 1. The molecule has 3 N–H and O–H groups in total. The first-order valence-electron chi connectivity index (χ1n) is 9.70. The summed E-state index contributed by atoms with van der Waals surface area (Å²) >= 11 is 6.02. The summed E-state index contributed by atoms with van der Waals surface area (Å²) in [4.78, 5) is 19.8. The third-order valence-corrected chi connectivity index (χ3v) is 4.96. The second-order valence-corrected chi connectivity index (χ2v) is 7.30. The summed E-state index contributed by atoms with van der Waals surface area (Å²) in [5, 5.41) is 0.248. The van der Waals surface area contributed by atoms with Gasteiger partial charge in [0, 0.05) is 25.7 Å². The molecule has 0 amide bonds. The monoisotopic (exact) mass is 473 g/mol. The van der Waals surface area contributed by atoms with Gasteiger partial charge in [0.2, 0.25) is 0 Å². The Bertz CT molecular complexity index is 870. The lowest BCUT2D eigenvalue weighted by molar-refractivity contribution is -0.0494. The Labute approximate surface area is 191 Å². The number of nitrogen functional groups attached to an aromatic ring is 1. The van der Waals surface area contributed by atoms with Gasteiger partial charge in [-0.1, -0.05) is 23.7 Å². The molecule has 1 aliphatic heterocycles. The van der Waals surface area contributed by atoms with Crippen molar-refractivity contribution in [2.24, 2.45) is 0 Å². The quantitative estimate of drug-likeness (QED) is 0.448. The molecular weight excluding hydrogens is 448 g/mol. The van der Waals surface area contributed by atoms with Gasteiger partial charge in [-0.25, -0.2) is 9.18 Å². The zero-order valence-corrected chi connectivity index (χ0v) is 18.7. The molecule has 0 aromatic heterocycles. The molecule has 1 fully saturated rings. The number of morpholine rings is 1. The Morgan fingerprint density at radius 2 is 2.10 bits per heavy atom. The van der Waals surface area contributed by atoms with Crippen molar-refractivity contribution in [1.29, 1.82) is 0 Å². The number of anilines is 1. The van der Waals surface area contributed by atoms with E-state index in [-0.39, 0.29) is 34.9 Å². The summed E-state index contributed by atoms with van der Waals surface area (Å²) in [6.45, 7) is 5.17. The lowest BCUT2D eigenvalue weighted by Gasteiger charge is -2.32. The molecule has 2 aromatic rings. The number of hydrogen-bond donors (Lipinski definition) is 2. The van der Waals surface area contributed by atoms with Crippen molar-refractivity contribution in [3.05, 3.63) is 58.4 Å². The van der Waals surface area contributed by atoms with Crippen LogP contribution in [0.3, 0.4) is 0 Å². The first-order valence-corrected chi connectivity index (χ1v) is 10.1. The minimum atomic E-state index is -0.626. The number of nitrogens with one attached hydrogen (secondary N) is 1. The maximum absolute atomic E-state index is 13.1. The molecule has 1 unspecified atom stereocenters. The number of nitrogens with two attached hydrogens (primary N) is 1. The van der Waals surface area contributed by atoms with Crippen LogP contribution in [0.5, 0.6) is 5.75 Å². The summed E-state index contributed by atoms with van der Waals surface area (Å²) in [5.74, 6) is -0.565. The van der Waals surface area contributed by atoms with Gasteiger partial charge >= 0.3 is 5.97 Å². The second-order valence-electron chi connectivity index (χ2n) is 6.90. The standard InChI is InChI=1S/C21H25ClFN3O4.ClH/c1-2-28-20-10-19(24)18(22)9-17(20)21(27)30-25-11-16-13-26(7-8-29-16)12-14-3-5-15(23)6-4-14;/h3-6,9-10,16,25H,2,7-8,11-13,24H2,1H3;1H. The van der Waals surface area contributed by atoms with Gasteiger partial charge in [0.15, 0.2) is 0 Å². The zero-order valence-electron chi connectivity index (χ0n) is 17.1. The molecule has 1 saturated heterocycles. The van der Waals surface area contributed by atoms with E-state index in [0.717, 1.165) is 12.1 Å². The van der Waals surface area contributed by atoms with Crippen LogP contribution < -0.4 is 16.0 Å². The fourth-order valence-corrected chi connectivity index (χ4v) is 3.32. The first kappa shape index (κ1) is 25.2. The predicted octanol–water partition coefficient (Wildman–Crippen LogP) is 3.44. The Balaban J connectivity index is 0.00000341. The molecule has 0 radical (unpaired) electrons. The smallest absolute Gasteiger partial charge is 0.360 e. The minimum Gasteiger partial charge on any atom is -0.493 e. The Morgan fingerprint density at radius 3 is 2.81 bits per heavy atom. The lowest BCUT2D eigenvalue weighted by atomic mass is 10.2. The fourth-order valence-electron chi connectivity index (χ4n) is 3.15. The van der Waals surface area contributed by atoms with E-state index in [0.29, 0.717) is 44.3 Å². The summed E-state index contributed by atoms with van der Waals surface area (Å²) in [7, 11) is 0. The van der Waals surface area contributed by atoms with Gasteiger partial charge in [-0.2, -0.15) is 5.48 Å². The van der Waals surface area contributed by atoms with Crippen LogP contribution in [0.15, 0.2) is 36.4 Å². The summed E-state index contributed by atoms with van der Waals surface area (Å²) < 4.78 is 24.2. The van der Waals surface area contributed by atoms with E-state index in [4.69, 9.17) is 31.6 Å². The molecule has 7 nitrogen and oxygen atoms in total. The summed E-state index contributed by atoms with van der Waals surface area (Å²) in [6, 6.07) is 9.37. The van der Waals surface area contributed by atoms with Crippen molar-refractivity contribution in [3.63, 3.8) is 0 Å². The molecule has 10 heteroatoms. The number of ether oxygens (including phenoxy) is 2. The van der Waals surface area contributed by atoms with E-state index in [2.05, 4.69) is 10.4 Å². The van der Waals surface area contributed by atoms with Crippen LogP contribution in [0, 0.1) is 5.82 Å². The SMILES string of the molecule is CCOc1cc(N)c(Cl)cc1C(=O)ONCC1CN(Cc2ccc(F)cc2)CCO1.Cl. The molecule has 1 atom stereocenters. The number of nitrogens with zero attached hydrogens (tertiary/aromatic N) is 1. The van der Waals surface area contributed by atoms with Crippen molar-refractivity contribution >= 4 is 35.7 Å². The van der Waals surface area contributed by atoms with Crippen LogP contribution in [0.2, 0.25) is 5.02 Å². The van der Waals surface area contributed by atoms with E-state index in [1.54, 1.807) is 19.1 Å². The Hall–Kier alpha value is -2.10. The van der Waals surface area contributed by atoms with E-state index in [9.17, 15) is 9.18 Å². The molecule has 0 saturated carbocycles. The number of hydroxylamine groups is 1. The third kappa shape index (κ3) is 7.22. The molecule has 0 aliphatic carbocycles. The number of halogens is 3. The molecule has 170 valence electrons. The maximum atomic E-state index is 13.1. The van der Waals surface area contributed by atoms with Crippen LogP contribution >= 0.6 is 24.0 Å². The zero-order chi connectivity index (χ0) is 21.5. The normalized spacial score (nSPS) is 16.4. The largest absolute Gasteiger partial charge is 0.493 e. The van der Waals surface area contributed by atoms with Gasteiger partial charge in [-0.3, -0.25) is 4.90 Å². The van der Waals surface area contributed by atoms with E-state index in [1.807, 2.05) is 0 Å². The minimum absolute atomic E-state index is 0. The molecule has 1 heterocycles. The van der Waals surface area contributed by atoms with Crippen molar-refractivity contribution in [2.75, 3.05) is 38.6 Å². The molecule has 31 heavy (non-hydrogen) atoms. The molecule has 3 rings (SSSR count). The lowest BCUT2D eigenvalue weighted by Crippen LogP contribution is -2.46. The predicted molar refractivity (Wildman–Crippen MR) is 119 cm³/mol. The van der Waals surface area contributed by atoms with Crippen LogP contribution in [-0.2, 0) is 16.1 Å². The van der Waals surface area contributed by atoms with Crippen LogP contribution in [-0.4, -0.2) is 49.8 Å². The second kappa shape index (κ2) is 12.1. The van der Waals surface area contributed by atoms with Crippen molar-refractivity contribution < 1.29 is 23.5 Å². The van der Waals surface area contributed by atoms with Crippen molar-refractivity contribution in [2.45, 2.75) is 19.6 Å². The van der Waals surface area contributed by atoms with Gasteiger partial charge in [0.25, 0.3) is 0 Å². The summed E-state index contributed by atoms with van der Waals surface area (Å²) in [6.07, 6.45) is -0.159. The molecule has 1 aliphatic rings. The number of benzene rings is 2. The van der Waals surface area contributed by atoms with E-state index in [1.165, 1.54) is 24.3 Å². The average molecular weight is 474 g/mol. The highest BCUT2D eigenvalue weighted by molar-refractivity contribution is 6.33. The van der Waals surface area contributed by atoms with Crippen molar-refractivity contribution in [3.8, 4) is 5.75 Å². The Kier molecular flexibility index (Phi) is 9.80. The van der Waals surface area contributed by atoms with Gasteiger partial charge in [0.1, 0.15) is 17.1 Å². The van der Waals surface area contributed by atoms with Crippen molar-refractivity contribution in [1.82, 2.24) is 10.4 Å². The molecule has 0 bridgehead atoms. The van der Waals surface area contributed by atoms with Crippen LogP contribution in [0.4, 0.5) is 10.1 Å². The van der Waals surface area contributed by atoms with Gasteiger partial charge in [-0.15, -0.1) is 12.4 Å². The average Bonchev–Trinajstić information content (AvgIpc) is 2.73. The number of hydrogen-bond acceptors (Lipinski definition) is 7. The maximum Gasteiger partial charge on any atom is 0.360 e. The van der Waals surface area contributed by atoms with Gasteiger partial charge in [-0.05, 0) is 30.7 Å². The number of carbonyl (C=O) groups excluding carboxylic acids is 1. The summed E-state index contributed by atoms with van der Waals surface area (Å²) in [5.41, 5.74) is 9.98. The van der Waals surface area contributed by atoms with Crippen LogP contribution in [0.1, 0.15) is 22.8 Å². The molecular formula is C21H26Cl2FN3O4. The van der Waals surface area contributed by atoms with Gasteiger partial charge < -0.3 is 20.0 Å². The van der Waals surface area contributed by atoms with E-state index < -0.39 is 5.97 Å². The number of rotatable bonds is 8. The Morgan fingerprint density at radius 1 is 1.35 bits per heavy atom. The highest BCUT2D eigenvalue weighted by Gasteiger charge is 2.22. The molecule has 2 aromatic carbocycles. The highest BCUT2D eigenvalue weighted by Crippen LogP contribution is 2.29. The van der Waals surface area contributed by atoms with Gasteiger partial charge in [0.05, 0.1) is 36.6 Å². The third-order valence-electron chi connectivity index (χ3n) is 4.64. The fraction of sp³-hybridized carbons (Fsp3) is 0.381. The first-order chi connectivity index (χ1) is 14.5.